The van der Waals surface area contributed by atoms with Gasteiger partial charge in [0.2, 0.25) is 11.9 Å². The molecule has 0 aliphatic heterocycles. The van der Waals surface area contributed by atoms with E-state index in [1.807, 2.05) is 24.3 Å². The van der Waals surface area contributed by atoms with Crippen LogP contribution >= 0.6 is 15.9 Å². The topological polar surface area (TPSA) is 151 Å². The van der Waals surface area contributed by atoms with Crippen molar-refractivity contribution in [2.24, 2.45) is 0 Å². The lowest BCUT2D eigenvalue weighted by Crippen LogP contribution is -2.46. The number of carbonyl (C=O) groups is 2. The predicted molar refractivity (Wildman–Crippen MR) is 177 cm³/mol. The van der Waals surface area contributed by atoms with Gasteiger partial charge in [-0.3, -0.25) is 4.79 Å². The molecular weight excluding hydrogens is 699 g/mol. The van der Waals surface area contributed by atoms with Crippen LogP contribution in [0.1, 0.15) is 62.4 Å². The predicted octanol–water partition coefficient (Wildman–Crippen LogP) is 6.72. The Bertz CT molecular complexity index is 1530. The van der Waals surface area contributed by atoms with Crippen molar-refractivity contribution in [1.29, 1.82) is 0 Å². The zero-order valence-corrected chi connectivity index (χ0v) is 28.4. The Hall–Kier alpha value is -4.34. The van der Waals surface area contributed by atoms with Crippen molar-refractivity contribution in [3.8, 4) is 11.8 Å². The van der Waals surface area contributed by atoms with E-state index >= 15 is 0 Å². The minimum atomic E-state index is -4.59. The summed E-state index contributed by atoms with van der Waals surface area (Å²) in [5.74, 6) is 0.359. The summed E-state index contributed by atoms with van der Waals surface area (Å²) in [5.41, 5.74) is 0.693. The standard InChI is InChI=1S/C32H39BrF3N7O5/c1-30(2,3)43(29(45)46)18-5-17-37-25(44)21-6-10-23(11-7-21)38-26-39-27(41-28(40-26)48-20-32(34,35)36)42-31(14-15-31)22-8-12-24(13-9-22)47-19-4-16-33/h6-13H,4-5,14-20H2,1-3H3,(H,37,44)(H,45,46)(H2,38,39,40,41,42). The second-order valence-electron chi connectivity index (χ2n) is 12.2. The molecule has 48 heavy (non-hydrogen) atoms. The normalized spacial score (nSPS) is 13.7. The van der Waals surface area contributed by atoms with Gasteiger partial charge < -0.3 is 35.4 Å². The van der Waals surface area contributed by atoms with Crippen LogP contribution in [0, 0.1) is 0 Å². The molecule has 16 heteroatoms. The van der Waals surface area contributed by atoms with Gasteiger partial charge in [-0.2, -0.15) is 28.1 Å². The quantitative estimate of drug-likeness (QED) is 0.0922. The SMILES string of the molecule is CC(C)(C)N(CCCNC(=O)c1ccc(Nc2nc(NC3(c4ccc(OCCCBr)cc4)CC3)nc(OCC(F)(F)F)n2)cc1)C(=O)O. The Balaban J connectivity index is 1.41. The second-order valence-corrected chi connectivity index (χ2v) is 13.0. The lowest BCUT2D eigenvalue weighted by Gasteiger charge is -2.33. The molecule has 1 aliphatic rings. The van der Waals surface area contributed by atoms with Gasteiger partial charge in [-0.15, -0.1) is 0 Å². The van der Waals surface area contributed by atoms with Gasteiger partial charge >= 0.3 is 18.3 Å². The first-order valence-corrected chi connectivity index (χ1v) is 16.5. The third-order valence-corrected chi connectivity index (χ3v) is 7.88. The molecule has 4 N–H and O–H groups in total. The average molecular weight is 739 g/mol. The van der Waals surface area contributed by atoms with Crippen molar-refractivity contribution in [2.75, 3.05) is 42.3 Å². The number of hydrogen-bond donors (Lipinski definition) is 4. The molecule has 260 valence electrons. The Morgan fingerprint density at radius 2 is 1.62 bits per heavy atom. The lowest BCUT2D eigenvalue weighted by atomic mass is 10.1. The number of amides is 2. The van der Waals surface area contributed by atoms with E-state index in [9.17, 15) is 27.9 Å². The van der Waals surface area contributed by atoms with Crippen molar-refractivity contribution in [1.82, 2.24) is 25.2 Å². The molecule has 0 radical (unpaired) electrons. The van der Waals surface area contributed by atoms with Gasteiger partial charge in [-0.1, -0.05) is 28.1 Å². The van der Waals surface area contributed by atoms with E-state index in [2.05, 4.69) is 46.8 Å². The number of nitrogens with zero attached hydrogens (tertiary/aromatic N) is 4. The van der Waals surface area contributed by atoms with Crippen LogP contribution < -0.4 is 25.4 Å². The molecule has 3 aromatic rings. The number of carboxylic acid groups (broad SMARTS) is 1. The summed E-state index contributed by atoms with van der Waals surface area (Å²) in [6.07, 6.45) is -2.81. The van der Waals surface area contributed by atoms with E-state index in [0.29, 0.717) is 24.3 Å². The molecule has 0 bridgehead atoms. The van der Waals surface area contributed by atoms with E-state index < -0.39 is 36.0 Å². The van der Waals surface area contributed by atoms with Crippen LogP contribution in [0.2, 0.25) is 0 Å². The van der Waals surface area contributed by atoms with Gasteiger partial charge in [0, 0.05) is 35.2 Å². The van der Waals surface area contributed by atoms with Crippen molar-refractivity contribution >= 4 is 45.5 Å². The molecule has 0 unspecified atom stereocenters. The number of benzene rings is 2. The highest BCUT2D eigenvalue weighted by molar-refractivity contribution is 9.09. The summed E-state index contributed by atoms with van der Waals surface area (Å²) in [4.78, 5) is 37.9. The number of alkyl halides is 4. The maximum atomic E-state index is 12.9. The van der Waals surface area contributed by atoms with Crippen LogP contribution in [0.25, 0.3) is 0 Å². The number of ether oxygens (including phenoxy) is 2. The number of aromatic nitrogens is 3. The zero-order valence-electron chi connectivity index (χ0n) is 26.9. The van der Waals surface area contributed by atoms with Crippen LogP contribution in [-0.4, -0.2) is 80.3 Å². The van der Waals surface area contributed by atoms with Crippen LogP contribution in [0.5, 0.6) is 11.8 Å². The molecule has 0 atom stereocenters. The molecule has 1 aliphatic carbocycles. The minimum absolute atomic E-state index is 0.0312. The summed E-state index contributed by atoms with van der Waals surface area (Å²) in [7, 11) is 0. The molecule has 1 fully saturated rings. The molecule has 2 amide bonds. The fraction of sp³-hybridized carbons (Fsp3) is 0.469. The van der Waals surface area contributed by atoms with E-state index in [1.165, 1.54) is 4.90 Å². The first-order chi connectivity index (χ1) is 22.7. The Kier molecular flexibility index (Phi) is 11.9. The first kappa shape index (κ1) is 36.5. The average Bonchev–Trinajstić information content (AvgIpc) is 3.79. The Morgan fingerprint density at radius 1 is 0.958 bits per heavy atom. The van der Waals surface area contributed by atoms with Gasteiger partial charge in [-0.05, 0) is 88.4 Å². The third kappa shape index (κ3) is 10.9. The van der Waals surface area contributed by atoms with Gasteiger partial charge in [-0.25, -0.2) is 4.79 Å². The molecule has 12 nitrogen and oxygen atoms in total. The summed E-state index contributed by atoms with van der Waals surface area (Å²) < 4.78 is 49.4. The molecule has 1 saturated carbocycles. The fourth-order valence-corrected chi connectivity index (χ4v) is 4.94. The third-order valence-electron chi connectivity index (χ3n) is 7.32. The van der Waals surface area contributed by atoms with Gasteiger partial charge in [0.25, 0.3) is 5.91 Å². The first-order valence-electron chi connectivity index (χ1n) is 15.4. The van der Waals surface area contributed by atoms with E-state index in [0.717, 1.165) is 35.9 Å². The smallest absolute Gasteiger partial charge is 0.422 e. The highest BCUT2D eigenvalue weighted by Crippen LogP contribution is 2.48. The maximum absolute atomic E-state index is 12.9. The Labute approximate surface area is 285 Å². The summed E-state index contributed by atoms with van der Waals surface area (Å²) in [6.45, 7) is 4.94. The minimum Gasteiger partial charge on any atom is -0.494 e. The van der Waals surface area contributed by atoms with E-state index in [-0.39, 0.29) is 30.9 Å². The van der Waals surface area contributed by atoms with Crippen molar-refractivity contribution < 1.29 is 37.3 Å². The number of rotatable bonds is 16. The van der Waals surface area contributed by atoms with Crippen LogP contribution in [-0.2, 0) is 5.54 Å². The monoisotopic (exact) mass is 737 g/mol. The van der Waals surface area contributed by atoms with Crippen molar-refractivity contribution in [3.05, 3.63) is 59.7 Å². The highest BCUT2D eigenvalue weighted by atomic mass is 79.9. The maximum Gasteiger partial charge on any atom is 0.422 e. The zero-order chi connectivity index (χ0) is 35.0. The lowest BCUT2D eigenvalue weighted by molar-refractivity contribution is -0.154. The molecule has 2 aromatic carbocycles. The van der Waals surface area contributed by atoms with Crippen molar-refractivity contribution in [3.63, 3.8) is 0 Å². The van der Waals surface area contributed by atoms with Gasteiger partial charge in [0.05, 0.1) is 12.1 Å². The highest BCUT2D eigenvalue weighted by Gasteiger charge is 2.45. The summed E-state index contributed by atoms with van der Waals surface area (Å²) >= 11 is 3.37. The second kappa shape index (κ2) is 15.7. The largest absolute Gasteiger partial charge is 0.494 e. The summed E-state index contributed by atoms with van der Waals surface area (Å²) in [6, 6.07) is 13.4. The van der Waals surface area contributed by atoms with Gasteiger partial charge in [0.15, 0.2) is 6.61 Å². The Morgan fingerprint density at radius 3 is 2.21 bits per heavy atom. The van der Waals surface area contributed by atoms with Gasteiger partial charge in [0.1, 0.15) is 5.75 Å². The molecular formula is C32H39BrF3N7O5. The molecule has 4 rings (SSSR count). The van der Waals surface area contributed by atoms with Crippen LogP contribution in [0.4, 0.5) is 35.5 Å². The number of nitrogens with one attached hydrogen (secondary N) is 3. The number of halogens is 4. The number of hydrogen-bond acceptors (Lipinski definition) is 9. The van der Waals surface area contributed by atoms with E-state index in [4.69, 9.17) is 9.47 Å². The summed E-state index contributed by atoms with van der Waals surface area (Å²) in [5, 5.41) is 19.2. The van der Waals surface area contributed by atoms with Crippen LogP contribution in [0.3, 0.4) is 0 Å². The fourth-order valence-electron chi connectivity index (χ4n) is 4.71. The number of carbonyl (C=O) groups excluding carboxylic acids is 1. The van der Waals surface area contributed by atoms with Crippen LogP contribution in [0.15, 0.2) is 48.5 Å². The molecule has 0 spiro atoms. The van der Waals surface area contributed by atoms with Crippen molar-refractivity contribution in [2.45, 2.75) is 63.7 Å². The molecule has 1 aromatic heterocycles. The number of anilines is 3. The van der Waals surface area contributed by atoms with E-state index in [1.54, 1.807) is 45.0 Å². The molecule has 1 heterocycles. The molecule has 0 saturated heterocycles.